The highest BCUT2D eigenvalue weighted by atomic mass is 32.2. The van der Waals surface area contributed by atoms with E-state index in [0.29, 0.717) is 35.0 Å². The monoisotopic (exact) mass is 468 g/mol. The summed E-state index contributed by atoms with van der Waals surface area (Å²) >= 11 is 0. The molecule has 0 saturated carbocycles. The zero-order valence-electron chi connectivity index (χ0n) is 18.3. The quantitative estimate of drug-likeness (QED) is 0.571. The van der Waals surface area contributed by atoms with Gasteiger partial charge in [0.1, 0.15) is 17.2 Å². The third-order valence-corrected chi connectivity index (χ3v) is 6.68. The lowest BCUT2D eigenvalue weighted by atomic mass is 10.1. The maximum Gasteiger partial charge on any atom is 0.261 e. The first-order valence-electron chi connectivity index (χ1n) is 10.2. The fourth-order valence-electron chi connectivity index (χ4n) is 3.58. The van der Waals surface area contributed by atoms with Crippen molar-refractivity contribution in [2.75, 3.05) is 25.5 Å². The molecule has 33 heavy (non-hydrogen) atoms. The minimum absolute atomic E-state index is 0.111. The van der Waals surface area contributed by atoms with Gasteiger partial charge < -0.3 is 19.1 Å². The van der Waals surface area contributed by atoms with Crippen LogP contribution in [0.15, 0.2) is 71.6 Å². The molecule has 0 fully saturated rings. The number of benzene rings is 3. The minimum atomic E-state index is -3.74. The van der Waals surface area contributed by atoms with Crippen LogP contribution in [-0.2, 0) is 27.9 Å². The van der Waals surface area contributed by atoms with Gasteiger partial charge in [-0.25, -0.2) is 8.42 Å². The first kappa shape index (κ1) is 22.5. The smallest absolute Gasteiger partial charge is 0.261 e. The molecule has 4 rings (SSSR count). The van der Waals surface area contributed by atoms with Crippen molar-refractivity contribution in [3.8, 4) is 17.2 Å². The van der Waals surface area contributed by atoms with Gasteiger partial charge in [0.15, 0.2) is 6.61 Å². The zero-order chi connectivity index (χ0) is 23.4. The Bertz CT molecular complexity index is 1260. The van der Waals surface area contributed by atoms with Crippen molar-refractivity contribution < 1.29 is 27.4 Å². The lowest BCUT2D eigenvalue weighted by molar-refractivity contribution is -0.133. The van der Waals surface area contributed by atoms with E-state index in [9.17, 15) is 13.2 Å². The molecule has 8 nitrogen and oxygen atoms in total. The Balaban J connectivity index is 1.58. The first-order chi connectivity index (χ1) is 15.9. The second kappa shape index (κ2) is 9.41. The van der Waals surface area contributed by atoms with E-state index in [-0.39, 0.29) is 24.0 Å². The van der Waals surface area contributed by atoms with Crippen LogP contribution in [-0.4, -0.2) is 40.1 Å². The summed E-state index contributed by atoms with van der Waals surface area (Å²) in [5, 5.41) is 0. The van der Waals surface area contributed by atoms with Crippen molar-refractivity contribution in [1.29, 1.82) is 0 Å². The minimum Gasteiger partial charge on any atom is -0.497 e. The van der Waals surface area contributed by atoms with Crippen LogP contribution < -0.4 is 18.9 Å². The molecular formula is C24H24N2O6S. The summed E-state index contributed by atoms with van der Waals surface area (Å²) in [7, 11) is -0.602. The molecule has 1 heterocycles. The molecule has 0 aromatic heterocycles. The third-order valence-electron chi connectivity index (χ3n) is 5.29. The first-order valence-corrected chi connectivity index (χ1v) is 11.7. The third kappa shape index (κ3) is 5.04. The molecule has 1 aliphatic heterocycles. The molecule has 0 spiro atoms. The van der Waals surface area contributed by atoms with E-state index in [1.54, 1.807) is 67.7 Å². The van der Waals surface area contributed by atoms with Gasteiger partial charge in [0.05, 0.1) is 19.1 Å². The second-order valence-electron chi connectivity index (χ2n) is 7.46. The number of hydrogen-bond acceptors (Lipinski definition) is 6. The van der Waals surface area contributed by atoms with Gasteiger partial charge in [-0.1, -0.05) is 18.2 Å². The van der Waals surface area contributed by atoms with Crippen molar-refractivity contribution >= 4 is 21.6 Å². The van der Waals surface area contributed by atoms with Crippen molar-refractivity contribution in [1.82, 2.24) is 4.90 Å². The summed E-state index contributed by atoms with van der Waals surface area (Å²) < 4.78 is 44.3. The van der Waals surface area contributed by atoms with Crippen LogP contribution in [0.3, 0.4) is 0 Å². The fraction of sp³-hybridized carbons (Fsp3) is 0.208. The number of carbonyl (C=O) groups is 1. The van der Waals surface area contributed by atoms with Crippen molar-refractivity contribution in [2.45, 2.75) is 18.0 Å². The highest BCUT2D eigenvalue weighted by Crippen LogP contribution is 2.31. The lowest BCUT2D eigenvalue weighted by Gasteiger charge is -2.22. The zero-order valence-corrected chi connectivity index (χ0v) is 19.1. The van der Waals surface area contributed by atoms with Gasteiger partial charge in [-0.3, -0.25) is 9.52 Å². The van der Waals surface area contributed by atoms with E-state index in [4.69, 9.17) is 14.2 Å². The number of sulfonamides is 1. The summed E-state index contributed by atoms with van der Waals surface area (Å²) in [4.78, 5) is 14.5. The SMILES string of the molecule is COc1ccc(CN2Cc3cc(NS(=O)(=O)c4ccccc4)ccc3OCC2=O)c(OC)c1. The van der Waals surface area contributed by atoms with Crippen LogP contribution in [0.25, 0.3) is 0 Å². The number of rotatable bonds is 7. The van der Waals surface area contributed by atoms with Crippen LogP contribution in [0.5, 0.6) is 17.2 Å². The molecule has 3 aromatic rings. The summed E-state index contributed by atoms with van der Waals surface area (Å²) in [6, 6.07) is 18.5. The summed E-state index contributed by atoms with van der Waals surface area (Å²) in [5.41, 5.74) is 1.90. The van der Waals surface area contributed by atoms with Crippen LogP contribution >= 0.6 is 0 Å². The molecule has 172 valence electrons. The van der Waals surface area contributed by atoms with Gasteiger partial charge in [-0.2, -0.15) is 0 Å². The van der Waals surface area contributed by atoms with Crippen molar-refractivity contribution in [2.24, 2.45) is 0 Å². The van der Waals surface area contributed by atoms with Crippen LogP contribution in [0, 0.1) is 0 Å². The second-order valence-corrected chi connectivity index (χ2v) is 9.14. The highest BCUT2D eigenvalue weighted by Gasteiger charge is 2.24. The maximum atomic E-state index is 12.7. The van der Waals surface area contributed by atoms with E-state index in [1.165, 1.54) is 12.1 Å². The molecule has 1 aliphatic rings. The average molecular weight is 469 g/mol. The standard InChI is InChI=1S/C24H24N2O6S/c1-30-20-10-8-17(23(13-20)31-2)14-26-15-18-12-19(9-11-22(18)32-16-24(26)27)25-33(28,29)21-6-4-3-5-7-21/h3-13,25H,14-16H2,1-2H3. The van der Waals surface area contributed by atoms with E-state index in [2.05, 4.69) is 4.72 Å². The topological polar surface area (TPSA) is 94.2 Å². The van der Waals surface area contributed by atoms with Gasteiger partial charge in [0.2, 0.25) is 0 Å². The Morgan fingerprint density at radius 2 is 1.79 bits per heavy atom. The molecular weight excluding hydrogens is 444 g/mol. The van der Waals surface area contributed by atoms with E-state index in [1.807, 2.05) is 6.07 Å². The van der Waals surface area contributed by atoms with Gasteiger partial charge >= 0.3 is 0 Å². The Hall–Kier alpha value is -3.72. The molecule has 0 atom stereocenters. The molecule has 9 heteroatoms. The molecule has 0 saturated heterocycles. The number of amides is 1. The number of nitrogens with zero attached hydrogens (tertiary/aromatic N) is 1. The van der Waals surface area contributed by atoms with Crippen molar-refractivity contribution in [3.05, 3.63) is 77.9 Å². The van der Waals surface area contributed by atoms with Gasteiger partial charge in [0.25, 0.3) is 15.9 Å². The molecule has 3 aromatic carbocycles. The normalized spacial score (nSPS) is 13.5. The average Bonchev–Trinajstić information content (AvgIpc) is 2.98. The number of nitrogens with one attached hydrogen (secondary N) is 1. The molecule has 0 bridgehead atoms. The summed E-state index contributed by atoms with van der Waals surface area (Å²) in [5.74, 6) is 1.62. The Morgan fingerprint density at radius 1 is 1.00 bits per heavy atom. The lowest BCUT2D eigenvalue weighted by Crippen LogP contribution is -2.32. The molecule has 1 amide bonds. The largest absolute Gasteiger partial charge is 0.497 e. The number of hydrogen-bond donors (Lipinski definition) is 1. The number of fused-ring (bicyclic) bond motifs is 1. The highest BCUT2D eigenvalue weighted by molar-refractivity contribution is 7.92. The number of anilines is 1. The number of carbonyl (C=O) groups excluding carboxylic acids is 1. The van der Waals surface area contributed by atoms with E-state index >= 15 is 0 Å². The Labute approximate surface area is 192 Å². The van der Waals surface area contributed by atoms with Crippen LogP contribution in [0.1, 0.15) is 11.1 Å². The van der Waals surface area contributed by atoms with Gasteiger partial charge in [-0.05, 0) is 42.5 Å². The fourth-order valence-corrected chi connectivity index (χ4v) is 4.65. The number of methoxy groups -OCH3 is 2. The molecule has 0 aliphatic carbocycles. The summed E-state index contributed by atoms with van der Waals surface area (Å²) in [6.07, 6.45) is 0. The van der Waals surface area contributed by atoms with Gasteiger partial charge in [0, 0.05) is 36.0 Å². The van der Waals surface area contributed by atoms with Crippen LogP contribution in [0.4, 0.5) is 5.69 Å². The molecule has 1 N–H and O–H groups in total. The predicted octanol–water partition coefficient (Wildman–Crippen LogP) is 3.43. The number of ether oxygens (including phenoxy) is 3. The van der Waals surface area contributed by atoms with E-state index < -0.39 is 10.0 Å². The summed E-state index contributed by atoms with van der Waals surface area (Å²) in [6.45, 7) is 0.444. The maximum absolute atomic E-state index is 12.7. The van der Waals surface area contributed by atoms with Crippen LogP contribution in [0.2, 0.25) is 0 Å². The predicted molar refractivity (Wildman–Crippen MR) is 123 cm³/mol. The Morgan fingerprint density at radius 3 is 2.52 bits per heavy atom. The van der Waals surface area contributed by atoms with E-state index in [0.717, 1.165) is 5.56 Å². The molecule has 0 unspecified atom stereocenters. The van der Waals surface area contributed by atoms with Crippen molar-refractivity contribution in [3.63, 3.8) is 0 Å². The Kier molecular flexibility index (Phi) is 6.41. The van der Waals surface area contributed by atoms with Gasteiger partial charge in [-0.15, -0.1) is 0 Å². The molecule has 0 radical (unpaired) electrons.